The van der Waals surface area contributed by atoms with Gasteiger partial charge in [0.05, 0.1) is 0 Å². The largest absolute Gasteiger partial charge is 0.381 e. The highest BCUT2D eigenvalue weighted by atomic mass is 19.1. The minimum atomic E-state index is -0.190. The number of halogens is 1. The van der Waals surface area contributed by atoms with Crippen LogP contribution in [0.2, 0.25) is 0 Å². The minimum absolute atomic E-state index is 0.190. The molecule has 0 spiro atoms. The summed E-state index contributed by atoms with van der Waals surface area (Å²) in [7, 11) is 0. The van der Waals surface area contributed by atoms with E-state index in [-0.39, 0.29) is 5.82 Å². The number of aryl methyl sites for hydroxylation is 2. The first-order valence-corrected chi connectivity index (χ1v) is 7.45. The highest BCUT2D eigenvalue weighted by Crippen LogP contribution is 2.19. The molecule has 0 aliphatic carbocycles. The van der Waals surface area contributed by atoms with Gasteiger partial charge in [-0.25, -0.2) is 14.4 Å². The molecule has 0 unspecified atom stereocenters. The van der Waals surface area contributed by atoms with Crippen molar-refractivity contribution in [2.24, 2.45) is 0 Å². The van der Waals surface area contributed by atoms with E-state index in [1.54, 1.807) is 25.3 Å². The third-order valence-electron chi connectivity index (χ3n) is 3.85. The Kier molecular flexibility index (Phi) is 4.06. The smallest absolute Gasteiger partial charge is 0.159 e. The molecule has 0 amide bonds. The first kappa shape index (κ1) is 15.2. The second-order valence-electron chi connectivity index (χ2n) is 5.59. The number of nitrogens with zero attached hydrogens (tertiary/aromatic N) is 2. The monoisotopic (exact) mass is 307 g/mol. The zero-order valence-corrected chi connectivity index (χ0v) is 13.2. The summed E-state index contributed by atoms with van der Waals surface area (Å²) >= 11 is 0. The van der Waals surface area contributed by atoms with Gasteiger partial charge in [0.25, 0.3) is 0 Å². The maximum absolute atomic E-state index is 13.6. The number of hydrogen-bond donors (Lipinski definition) is 1. The summed E-state index contributed by atoms with van der Waals surface area (Å²) in [5.41, 5.74) is 4.82. The van der Waals surface area contributed by atoms with Crippen LogP contribution in [0, 0.1) is 19.7 Å². The summed E-state index contributed by atoms with van der Waals surface area (Å²) in [5.74, 6) is -0.190. The summed E-state index contributed by atoms with van der Waals surface area (Å²) in [4.78, 5) is 8.76. The third-order valence-corrected chi connectivity index (χ3v) is 3.85. The average molecular weight is 307 g/mol. The maximum atomic E-state index is 13.6. The van der Waals surface area contributed by atoms with Crippen molar-refractivity contribution in [1.29, 1.82) is 0 Å². The van der Waals surface area contributed by atoms with Crippen LogP contribution in [0.3, 0.4) is 0 Å². The van der Waals surface area contributed by atoms with Gasteiger partial charge in [-0.1, -0.05) is 18.7 Å². The number of hydrogen-bond acceptors (Lipinski definition) is 3. The van der Waals surface area contributed by atoms with Gasteiger partial charge in [0.2, 0.25) is 0 Å². The fourth-order valence-corrected chi connectivity index (χ4v) is 2.45. The SMILES string of the molecule is C=C(NCc1ccc(C)c(F)c1)c1cc2cccnc2nc1C. The Morgan fingerprint density at radius 2 is 2.04 bits per heavy atom. The van der Waals surface area contributed by atoms with Crippen LogP contribution < -0.4 is 5.32 Å². The number of fused-ring (bicyclic) bond motifs is 1. The number of rotatable bonds is 4. The van der Waals surface area contributed by atoms with E-state index in [2.05, 4.69) is 21.9 Å². The molecule has 0 bridgehead atoms. The fourth-order valence-electron chi connectivity index (χ4n) is 2.45. The minimum Gasteiger partial charge on any atom is -0.381 e. The van der Waals surface area contributed by atoms with Crippen molar-refractivity contribution in [3.63, 3.8) is 0 Å². The molecule has 2 aromatic heterocycles. The number of aromatic nitrogens is 2. The van der Waals surface area contributed by atoms with Crippen molar-refractivity contribution in [3.8, 4) is 0 Å². The summed E-state index contributed by atoms with van der Waals surface area (Å²) in [6.45, 7) is 8.28. The van der Waals surface area contributed by atoms with E-state index in [1.807, 2.05) is 31.2 Å². The standard InChI is InChI=1S/C19H18FN3/c1-12-6-7-15(9-18(12)20)11-22-13(2)17-10-16-5-4-8-21-19(16)23-14(17)3/h4-10,22H,2,11H2,1,3H3. The molecule has 0 saturated carbocycles. The summed E-state index contributed by atoms with van der Waals surface area (Å²) in [6, 6.07) is 11.1. The van der Waals surface area contributed by atoms with Gasteiger partial charge in [0.1, 0.15) is 5.82 Å². The van der Waals surface area contributed by atoms with Crippen LogP contribution in [-0.2, 0) is 6.54 Å². The maximum Gasteiger partial charge on any atom is 0.159 e. The molecule has 23 heavy (non-hydrogen) atoms. The van der Waals surface area contributed by atoms with Crippen molar-refractivity contribution >= 4 is 16.7 Å². The van der Waals surface area contributed by atoms with E-state index >= 15 is 0 Å². The van der Waals surface area contributed by atoms with Gasteiger partial charge in [0, 0.05) is 35.1 Å². The second kappa shape index (κ2) is 6.16. The van der Waals surface area contributed by atoms with Crippen LogP contribution in [0.15, 0.2) is 49.2 Å². The molecule has 0 atom stereocenters. The van der Waals surface area contributed by atoms with Crippen LogP contribution >= 0.6 is 0 Å². The lowest BCUT2D eigenvalue weighted by molar-refractivity contribution is 0.615. The zero-order chi connectivity index (χ0) is 16.4. The zero-order valence-electron chi connectivity index (χ0n) is 13.2. The Hall–Kier alpha value is -2.75. The second-order valence-corrected chi connectivity index (χ2v) is 5.59. The van der Waals surface area contributed by atoms with E-state index in [0.29, 0.717) is 12.1 Å². The summed E-state index contributed by atoms with van der Waals surface area (Å²) in [5, 5.41) is 4.22. The number of benzene rings is 1. The normalized spacial score (nSPS) is 10.7. The molecule has 3 rings (SSSR count). The van der Waals surface area contributed by atoms with E-state index in [4.69, 9.17) is 0 Å². The molecule has 4 heteroatoms. The molecule has 0 aliphatic rings. The van der Waals surface area contributed by atoms with Crippen LogP contribution in [0.25, 0.3) is 16.7 Å². The van der Waals surface area contributed by atoms with Gasteiger partial charge in [-0.3, -0.25) is 0 Å². The third kappa shape index (κ3) is 3.21. The lowest BCUT2D eigenvalue weighted by atomic mass is 10.1. The first-order valence-electron chi connectivity index (χ1n) is 7.45. The molecular formula is C19H18FN3. The van der Waals surface area contributed by atoms with Crippen LogP contribution in [0.4, 0.5) is 4.39 Å². The predicted octanol–water partition coefficient (Wildman–Crippen LogP) is 4.15. The van der Waals surface area contributed by atoms with E-state index in [9.17, 15) is 4.39 Å². The van der Waals surface area contributed by atoms with Crippen LogP contribution in [0.1, 0.15) is 22.4 Å². The molecule has 0 aliphatic heterocycles. The Morgan fingerprint density at radius 3 is 2.83 bits per heavy atom. The molecule has 0 radical (unpaired) electrons. The quantitative estimate of drug-likeness (QED) is 0.787. The number of nitrogens with one attached hydrogen (secondary N) is 1. The topological polar surface area (TPSA) is 37.8 Å². The Morgan fingerprint density at radius 1 is 1.22 bits per heavy atom. The molecule has 3 nitrogen and oxygen atoms in total. The Balaban J connectivity index is 1.80. The van der Waals surface area contributed by atoms with Crippen molar-refractivity contribution in [2.45, 2.75) is 20.4 Å². The number of pyridine rings is 2. The highest BCUT2D eigenvalue weighted by Gasteiger charge is 2.07. The highest BCUT2D eigenvalue weighted by molar-refractivity contribution is 5.80. The van der Waals surface area contributed by atoms with Crippen molar-refractivity contribution in [3.05, 3.63) is 77.4 Å². The average Bonchev–Trinajstić information content (AvgIpc) is 2.55. The van der Waals surface area contributed by atoms with E-state index in [0.717, 1.165) is 33.6 Å². The Bertz CT molecular complexity index is 887. The van der Waals surface area contributed by atoms with Gasteiger partial charge >= 0.3 is 0 Å². The summed E-state index contributed by atoms with van der Waals surface area (Å²) in [6.07, 6.45) is 1.73. The summed E-state index contributed by atoms with van der Waals surface area (Å²) < 4.78 is 13.6. The van der Waals surface area contributed by atoms with Gasteiger partial charge in [-0.05, 0) is 49.2 Å². The lowest BCUT2D eigenvalue weighted by Gasteiger charge is -2.13. The molecule has 0 saturated heterocycles. The predicted molar refractivity (Wildman–Crippen MR) is 91.3 cm³/mol. The van der Waals surface area contributed by atoms with Gasteiger partial charge in [-0.2, -0.15) is 0 Å². The molecule has 116 valence electrons. The molecular weight excluding hydrogens is 289 g/mol. The van der Waals surface area contributed by atoms with E-state index < -0.39 is 0 Å². The van der Waals surface area contributed by atoms with Crippen molar-refractivity contribution < 1.29 is 4.39 Å². The van der Waals surface area contributed by atoms with Crippen LogP contribution in [-0.4, -0.2) is 9.97 Å². The van der Waals surface area contributed by atoms with E-state index in [1.165, 1.54) is 0 Å². The van der Waals surface area contributed by atoms with Gasteiger partial charge in [-0.15, -0.1) is 0 Å². The van der Waals surface area contributed by atoms with Crippen molar-refractivity contribution in [1.82, 2.24) is 15.3 Å². The van der Waals surface area contributed by atoms with Crippen LogP contribution in [0.5, 0.6) is 0 Å². The molecule has 3 aromatic rings. The van der Waals surface area contributed by atoms with Crippen molar-refractivity contribution in [2.75, 3.05) is 0 Å². The Labute approximate surface area is 134 Å². The molecule has 0 fully saturated rings. The lowest BCUT2D eigenvalue weighted by Crippen LogP contribution is -2.12. The van der Waals surface area contributed by atoms with Gasteiger partial charge in [0.15, 0.2) is 5.65 Å². The van der Waals surface area contributed by atoms with Gasteiger partial charge < -0.3 is 5.32 Å². The fraction of sp³-hybridized carbons (Fsp3) is 0.158. The first-order chi connectivity index (χ1) is 11.0. The molecule has 2 heterocycles. The molecule has 1 N–H and O–H groups in total. The molecule has 1 aromatic carbocycles.